The van der Waals surface area contributed by atoms with Crippen molar-refractivity contribution in [3.8, 4) is 0 Å². The Morgan fingerprint density at radius 2 is 1.79 bits per heavy atom. The average molecular weight is 406 g/mol. The summed E-state index contributed by atoms with van der Waals surface area (Å²) in [6.07, 6.45) is 4.14. The van der Waals surface area contributed by atoms with Crippen LogP contribution in [0.5, 0.6) is 0 Å². The number of nitrogens with zero attached hydrogens (tertiary/aromatic N) is 1. The van der Waals surface area contributed by atoms with Gasteiger partial charge in [0.05, 0.1) is 11.2 Å². The maximum atomic E-state index is 12.6. The molecule has 1 fully saturated rings. The Morgan fingerprint density at radius 1 is 1.11 bits per heavy atom. The fraction of sp³-hybridized carbons (Fsp3) is 0.368. The molecule has 1 aliphatic rings. The van der Waals surface area contributed by atoms with Crippen LogP contribution >= 0.6 is 0 Å². The molecule has 8 nitrogen and oxygen atoms in total. The van der Waals surface area contributed by atoms with E-state index in [1.807, 2.05) is 0 Å². The highest BCUT2D eigenvalue weighted by atomic mass is 32.2. The number of benzene rings is 1. The number of aryl methyl sites for hydroxylation is 1. The van der Waals surface area contributed by atoms with E-state index in [0.717, 1.165) is 19.3 Å². The fourth-order valence-corrected chi connectivity index (χ4v) is 4.48. The summed E-state index contributed by atoms with van der Waals surface area (Å²) in [5, 5.41) is 2.57. The van der Waals surface area contributed by atoms with Crippen LogP contribution in [-0.2, 0) is 19.6 Å². The predicted molar refractivity (Wildman–Crippen MR) is 101 cm³/mol. The second kappa shape index (κ2) is 8.57. The number of carbonyl (C=O) groups excluding carboxylic acids is 2. The Hall–Kier alpha value is -2.65. The van der Waals surface area contributed by atoms with Crippen LogP contribution < -0.4 is 5.32 Å². The van der Waals surface area contributed by atoms with Gasteiger partial charge < -0.3 is 14.5 Å². The number of piperidine rings is 1. The van der Waals surface area contributed by atoms with E-state index >= 15 is 0 Å². The van der Waals surface area contributed by atoms with E-state index in [1.165, 1.54) is 40.9 Å². The lowest BCUT2D eigenvalue weighted by Crippen LogP contribution is -2.35. The molecule has 2 heterocycles. The molecule has 0 radical (unpaired) electrons. The quantitative estimate of drug-likeness (QED) is 0.739. The molecule has 9 heteroatoms. The van der Waals surface area contributed by atoms with Gasteiger partial charge in [-0.25, -0.2) is 13.2 Å². The van der Waals surface area contributed by atoms with Crippen LogP contribution in [0.15, 0.2) is 45.9 Å². The summed E-state index contributed by atoms with van der Waals surface area (Å²) in [5.41, 5.74) is 0.679. The second-order valence-electron chi connectivity index (χ2n) is 6.50. The highest BCUT2D eigenvalue weighted by Crippen LogP contribution is 2.22. The number of sulfonamides is 1. The molecule has 1 aliphatic heterocycles. The van der Waals surface area contributed by atoms with Crippen molar-refractivity contribution in [1.29, 1.82) is 0 Å². The van der Waals surface area contributed by atoms with Crippen LogP contribution in [0.2, 0.25) is 0 Å². The first-order chi connectivity index (χ1) is 13.4. The van der Waals surface area contributed by atoms with Gasteiger partial charge in [0.25, 0.3) is 5.91 Å². The van der Waals surface area contributed by atoms with E-state index in [9.17, 15) is 18.0 Å². The third kappa shape index (κ3) is 4.60. The topological polar surface area (TPSA) is 106 Å². The Kier molecular flexibility index (Phi) is 6.15. The van der Waals surface area contributed by atoms with Gasteiger partial charge >= 0.3 is 5.97 Å². The normalized spacial score (nSPS) is 15.2. The highest BCUT2D eigenvalue weighted by Gasteiger charge is 2.25. The maximum Gasteiger partial charge on any atom is 0.342 e. The van der Waals surface area contributed by atoms with Crippen LogP contribution in [0, 0.1) is 6.92 Å². The molecule has 28 heavy (non-hydrogen) atoms. The van der Waals surface area contributed by atoms with Gasteiger partial charge in [-0.1, -0.05) is 6.42 Å². The molecule has 0 saturated carbocycles. The largest absolute Gasteiger partial charge is 0.469 e. The summed E-state index contributed by atoms with van der Waals surface area (Å²) in [6, 6.07) is 7.41. The van der Waals surface area contributed by atoms with Crippen molar-refractivity contribution >= 4 is 27.6 Å². The van der Waals surface area contributed by atoms with Crippen LogP contribution in [0.4, 0.5) is 5.69 Å². The number of amides is 1. The Morgan fingerprint density at radius 3 is 2.39 bits per heavy atom. The molecule has 0 aliphatic carbocycles. The summed E-state index contributed by atoms with van der Waals surface area (Å²) in [6.45, 7) is 2.22. The van der Waals surface area contributed by atoms with Gasteiger partial charge in [-0.3, -0.25) is 4.79 Å². The summed E-state index contributed by atoms with van der Waals surface area (Å²) in [7, 11) is -3.52. The molecule has 0 bridgehead atoms. The lowest BCUT2D eigenvalue weighted by atomic mass is 10.2. The number of hydrogen-bond donors (Lipinski definition) is 1. The van der Waals surface area contributed by atoms with Gasteiger partial charge in [0, 0.05) is 18.8 Å². The first-order valence-corrected chi connectivity index (χ1v) is 10.4. The zero-order chi connectivity index (χ0) is 20.1. The van der Waals surface area contributed by atoms with Gasteiger partial charge in [-0.05, 0) is 50.1 Å². The fourth-order valence-electron chi connectivity index (χ4n) is 2.97. The minimum atomic E-state index is -3.52. The van der Waals surface area contributed by atoms with Crippen molar-refractivity contribution in [3.63, 3.8) is 0 Å². The minimum Gasteiger partial charge on any atom is -0.469 e. The molecule has 0 spiro atoms. The molecular weight excluding hydrogens is 384 g/mol. The summed E-state index contributed by atoms with van der Waals surface area (Å²) < 4.78 is 36.7. The van der Waals surface area contributed by atoms with Crippen LogP contribution in [-0.4, -0.2) is 44.3 Å². The SMILES string of the molecule is Cc1occc1C(=O)OCC(=O)Nc1ccc(S(=O)(=O)N2CCCCC2)cc1. The monoisotopic (exact) mass is 406 g/mol. The van der Waals surface area contributed by atoms with Gasteiger partial charge in [0.1, 0.15) is 11.3 Å². The average Bonchev–Trinajstić information content (AvgIpc) is 3.13. The number of nitrogens with one attached hydrogen (secondary N) is 1. The van der Waals surface area contributed by atoms with Crippen molar-refractivity contribution in [2.45, 2.75) is 31.1 Å². The van der Waals surface area contributed by atoms with Crippen molar-refractivity contribution in [2.75, 3.05) is 25.0 Å². The molecule has 1 aromatic carbocycles. The Balaban J connectivity index is 1.55. The van der Waals surface area contributed by atoms with Crippen molar-refractivity contribution in [2.24, 2.45) is 0 Å². The summed E-state index contributed by atoms with van der Waals surface area (Å²) in [5.74, 6) is -0.763. The van der Waals surface area contributed by atoms with E-state index in [-0.39, 0.29) is 10.5 Å². The van der Waals surface area contributed by atoms with E-state index in [1.54, 1.807) is 6.92 Å². The second-order valence-corrected chi connectivity index (χ2v) is 8.44. The number of esters is 1. The van der Waals surface area contributed by atoms with Crippen LogP contribution in [0.3, 0.4) is 0 Å². The molecule has 3 rings (SSSR count). The Labute approximate surface area is 163 Å². The van der Waals surface area contributed by atoms with Gasteiger partial charge in [0.15, 0.2) is 6.61 Å². The van der Waals surface area contributed by atoms with Crippen molar-refractivity contribution in [1.82, 2.24) is 4.31 Å². The first-order valence-electron chi connectivity index (χ1n) is 8.99. The third-order valence-electron chi connectivity index (χ3n) is 4.50. The number of ether oxygens (including phenoxy) is 1. The van der Waals surface area contributed by atoms with E-state index in [4.69, 9.17) is 9.15 Å². The van der Waals surface area contributed by atoms with Crippen LogP contribution in [0.25, 0.3) is 0 Å². The number of rotatable bonds is 6. The van der Waals surface area contributed by atoms with Crippen LogP contribution in [0.1, 0.15) is 35.4 Å². The number of carbonyl (C=O) groups is 2. The molecule has 1 saturated heterocycles. The number of anilines is 1. The third-order valence-corrected chi connectivity index (χ3v) is 6.42. The lowest BCUT2D eigenvalue weighted by molar-refractivity contribution is -0.119. The molecule has 0 unspecified atom stereocenters. The number of hydrogen-bond acceptors (Lipinski definition) is 6. The standard InChI is InChI=1S/C19H22N2O6S/c1-14-17(9-12-26-14)19(23)27-13-18(22)20-15-5-7-16(8-6-15)28(24,25)21-10-3-2-4-11-21/h5-9,12H,2-4,10-11,13H2,1H3,(H,20,22). The number of furan rings is 1. The van der Waals surface area contributed by atoms with Gasteiger partial charge in [-0.15, -0.1) is 0 Å². The maximum absolute atomic E-state index is 12.6. The summed E-state index contributed by atoms with van der Waals surface area (Å²) in [4.78, 5) is 24.0. The Bertz CT molecular complexity index is 943. The lowest BCUT2D eigenvalue weighted by Gasteiger charge is -2.25. The van der Waals surface area contributed by atoms with Gasteiger partial charge in [0.2, 0.25) is 10.0 Å². The zero-order valence-corrected chi connectivity index (χ0v) is 16.3. The zero-order valence-electron chi connectivity index (χ0n) is 15.5. The minimum absolute atomic E-state index is 0.189. The molecule has 0 atom stereocenters. The first kappa shape index (κ1) is 20.1. The molecule has 2 aromatic rings. The molecule has 1 N–H and O–H groups in total. The van der Waals surface area contributed by atoms with E-state index in [2.05, 4.69) is 5.32 Å². The van der Waals surface area contributed by atoms with Crippen molar-refractivity contribution in [3.05, 3.63) is 47.9 Å². The van der Waals surface area contributed by atoms with E-state index < -0.39 is 28.5 Å². The highest BCUT2D eigenvalue weighted by molar-refractivity contribution is 7.89. The smallest absolute Gasteiger partial charge is 0.342 e. The van der Waals surface area contributed by atoms with Gasteiger partial charge in [-0.2, -0.15) is 4.31 Å². The van der Waals surface area contributed by atoms with E-state index in [0.29, 0.717) is 24.5 Å². The molecule has 1 amide bonds. The van der Waals surface area contributed by atoms with Crippen molar-refractivity contribution < 1.29 is 27.2 Å². The molecule has 1 aromatic heterocycles. The molecular formula is C19H22N2O6S. The predicted octanol–water partition coefficient (Wildman–Crippen LogP) is 2.56. The summed E-state index contributed by atoms with van der Waals surface area (Å²) >= 11 is 0. The molecule has 150 valence electrons.